The van der Waals surface area contributed by atoms with Crippen LogP contribution in [0, 0.1) is 0 Å². The normalized spacial score (nSPS) is 25.3. The summed E-state index contributed by atoms with van der Waals surface area (Å²) in [6.45, 7) is 2.44. The summed E-state index contributed by atoms with van der Waals surface area (Å²) in [5, 5.41) is 10.5. The van der Waals surface area contributed by atoms with Gasteiger partial charge in [0.1, 0.15) is 5.75 Å². The van der Waals surface area contributed by atoms with Crippen molar-refractivity contribution in [1.29, 1.82) is 0 Å². The van der Waals surface area contributed by atoms with Gasteiger partial charge in [0.25, 0.3) is 0 Å². The van der Waals surface area contributed by atoms with Crippen molar-refractivity contribution >= 4 is 6.08 Å². The van der Waals surface area contributed by atoms with Crippen LogP contribution >= 0.6 is 0 Å². The van der Waals surface area contributed by atoms with Gasteiger partial charge in [0.2, 0.25) is 0 Å². The van der Waals surface area contributed by atoms with Gasteiger partial charge in [-0.2, -0.15) is 0 Å². The van der Waals surface area contributed by atoms with Gasteiger partial charge in [-0.1, -0.05) is 54.6 Å². The van der Waals surface area contributed by atoms with Gasteiger partial charge in [0.05, 0.1) is 32.0 Å². The lowest BCUT2D eigenvalue weighted by Crippen LogP contribution is -2.47. The molecule has 1 saturated heterocycles. The second-order valence-corrected chi connectivity index (χ2v) is 7.87. The second-order valence-electron chi connectivity index (χ2n) is 7.87. The summed E-state index contributed by atoms with van der Waals surface area (Å²) in [4.78, 5) is 0. The molecule has 2 aromatic carbocycles. The third-order valence-electron chi connectivity index (χ3n) is 5.43. The zero-order chi connectivity index (χ0) is 21.4. The number of ether oxygens (including phenoxy) is 4. The molecule has 2 aromatic rings. The predicted molar refractivity (Wildman–Crippen MR) is 117 cm³/mol. The van der Waals surface area contributed by atoms with Crippen molar-refractivity contribution in [1.82, 2.24) is 0 Å². The van der Waals surface area contributed by atoms with Gasteiger partial charge in [-0.15, -0.1) is 0 Å². The molecule has 1 N–H and O–H groups in total. The van der Waals surface area contributed by atoms with Gasteiger partial charge in [0, 0.05) is 26.4 Å². The van der Waals surface area contributed by atoms with E-state index in [4.69, 9.17) is 18.9 Å². The highest BCUT2D eigenvalue weighted by Crippen LogP contribution is 2.33. The predicted octanol–water partition coefficient (Wildman–Crippen LogP) is 4.59. The Balaban J connectivity index is 1.56. The fraction of sp³-hybridized carbons (Fsp3) is 0.440. The smallest absolute Gasteiger partial charge is 0.167 e. The van der Waals surface area contributed by atoms with E-state index in [1.165, 1.54) is 0 Å². The number of aliphatic hydroxyl groups excluding tert-OH is 1. The minimum absolute atomic E-state index is 0.0129. The van der Waals surface area contributed by atoms with Gasteiger partial charge in [-0.3, -0.25) is 0 Å². The van der Waals surface area contributed by atoms with Crippen molar-refractivity contribution < 1.29 is 24.1 Å². The summed E-state index contributed by atoms with van der Waals surface area (Å²) in [6, 6.07) is 17.8. The van der Waals surface area contributed by atoms with Gasteiger partial charge >= 0.3 is 0 Å². The highest BCUT2D eigenvalue weighted by molar-refractivity contribution is 5.49. The molecule has 1 aliphatic rings. The molecule has 3 rings (SSSR count). The van der Waals surface area contributed by atoms with Crippen LogP contribution in [-0.2, 0) is 20.8 Å². The molecule has 162 valence electrons. The maximum absolute atomic E-state index is 10.5. The summed E-state index contributed by atoms with van der Waals surface area (Å²) >= 11 is 0. The third kappa shape index (κ3) is 6.67. The highest BCUT2D eigenvalue weighted by Gasteiger charge is 2.39. The van der Waals surface area contributed by atoms with E-state index in [0.717, 1.165) is 16.9 Å². The lowest BCUT2D eigenvalue weighted by Gasteiger charge is -2.41. The fourth-order valence-electron chi connectivity index (χ4n) is 3.71. The van der Waals surface area contributed by atoms with Crippen molar-refractivity contribution in [2.75, 3.05) is 14.2 Å². The standard InChI is InChI=1S/C25H32O5/c1-25(28-3)17-24(29-18-20-10-13-22(27-2)14-11-20)16-23(30-25)15-21(26)12-9-19-7-5-4-6-8-19/h4-14,21,23-24,26H,15-18H2,1-3H3/b12-9+/t21-,23-,24+,25+/m0/s1. The van der Waals surface area contributed by atoms with E-state index < -0.39 is 11.9 Å². The largest absolute Gasteiger partial charge is 0.497 e. The molecule has 1 fully saturated rings. The first-order valence-electron chi connectivity index (χ1n) is 10.4. The highest BCUT2D eigenvalue weighted by atomic mass is 16.7. The van der Waals surface area contributed by atoms with Gasteiger partial charge < -0.3 is 24.1 Å². The number of methoxy groups -OCH3 is 2. The number of rotatable bonds is 9. The van der Waals surface area contributed by atoms with Crippen LogP contribution in [0.3, 0.4) is 0 Å². The van der Waals surface area contributed by atoms with Gasteiger partial charge in [-0.25, -0.2) is 0 Å². The summed E-state index contributed by atoms with van der Waals surface area (Å²) in [6.07, 6.45) is 4.82. The van der Waals surface area contributed by atoms with Crippen LogP contribution in [0.25, 0.3) is 6.08 Å². The first-order chi connectivity index (χ1) is 14.5. The molecular formula is C25H32O5. The Morgan fingerprint density at radius 2 is 1.87 bits per heavy atom. The van der Waals surface area contributed by atoms with Crippen molar-refractivity contribution in [3.05, 3.63) is 71.8 Å². The van der Waals surface area contributed by atoms with E-state index in [-0.39, 0.29) is 12.2 Å². The molecule has 5 heteroatoms. The maximum atomic E-state index is 10.5. The Morgan fingerprint density at radius 1 is 1.13 bits per heavy atom. The van der Waals surface area contributed by atoms with Crippen molar-refractivity contribution in [3.63, 3.8) is 0 Å². The van der Waals surface area contributed by atoms with Crippen LogP contribution < -0.4 is 4.74 Å². The van der Waals surface area contributed by atoms with E-state index in [9.17, 15) is 5.11 Å². The lowest BCUT2D eigenvalue weighted by atomic mass is 9.95. The summed E-state index contributed by atoms with van der Waals surface area (Å²) in [5.74, 6) is 0.102. The van der Waals surface area contributed by atoms with Crippen LogP contribution in [0.4, 0.5) is 0 Å². The van der Waals surface area contributed by atoms with Crippen molar-refractivity contribution in [3.8, 4) is 5.75 Å². The minimum Gasteiger partial charge on any atom is -0.497 e. The molecule has 0 spiro atoms. The Kier molecular flexibility index (Phi) is 8.05. The molecule has 0 aromatic heterocycles. The van der Waals surface area contributed by atoms with Crippen LogP contribution in [-0.4, -0.2) is 43.4 Å². The number of aliphatic hydroxyl groups is 1. The Bertz CT molecular complexity index is 789. The number of hydrogen-bond acceptors (Lipinski definition) is 5. The Hall–Kier alpha value is -2.18. The quantitative estimate of drug-likeness (QED) is 0.653. The molecule has 0 amide bonds. The topological polar surface area (TPSA) is 57.2 Å². The number of hydrogen-bond donors (Lipinski definition) is 1. The van der Waals surface area contributed by atoms with Crippen molar-refractivity contribution in [2.24, 2.45) is 0 Å². The summed E-state index contributed by atoms with van der Waals surface area (Å²) in [7, 11) is 3.30. The molecule has 0 saturated carbocycles. The average Bonchev–Trinajstić information content (AvgIpc) is 2.77. The van der Waals surface area contributed by atoms with E-state index in [2.05, 4.69) is 0 Å². The molecule has 0 aliphatic carbocycles. The molecular weight excluding hydrogens is 380 g/mol. The van der Waals surface area contributed by atoms with Gasteiger partial charge in [0.15, 0.2) is 5.79 Å². The molecule has 0 bridgehead atoms. The molecule has 0 unspecified atom stereocenters. The minimum atomic E-state index is -0.726. The first-order valence-corrected chi connectivity index (χ1v) is 10.4. The van der Waals surface area contributed by atoms with Crippen LogP contribution in [0.2, 0.25) is 0 Å². The average molecular weight is 413 g/mol. The van der Waals surface area contributed by atoms with E-state index in [1.54, 1.807) is 14.2 Å². The zero-order valence-corrected chi connectivity index (χ0v) is 18.0. The molecule has 30 heavy (non-hydrogen) atoms. The van der Waals surface area contributed by atoms with E-state index in [0.29, 0.717) is 25.9 Å². The molecule has 1 aliphatic heterocycles. The van der Waals surface area contributed by atoms with Crippen LogP contribution in [0.15, 0.2) is 60.7 Å². The van der Waals surface area contributed by atoms with E-state index in [1.807, 2.05) is 73.7 Å². The lowest BCUT2D eigenvalue weighted by molar-refractivity contribution is -0.282. The molecule has 1 heterocycles. The van der Waals surface area contributed by atoms with Crippen molar-refractivity contribution in [2.45, 2.75) is 56.9 Å². The summed E-state index contributed by atoms with van der Waals surface area (Å²) < 4.78 is 23.1. The summed E-state index contributed by atoms with van der Waals surface area (Å²) in [5.41, 5.74) is 2.15. The first kappa shape index (κ1) is 22.5. The maximum Gasteiger partial charge on any atom is 0.167 e. The molecule has 5 nitrogen and oxygen atoms in total. The zero-order valence-electron chi connectivity index (χ0n) is 18.0. The third-order valence-corrected chi connectivity index (χ3v) is 5.43. The Morgan fingerprint density at radius 3 is 2.53 bits per heavy atom. The Labute approximate surface area is 179 Å². The van der Waals surface area contributed by atoms with E-state index >= 15 is 0 Å². The number of benzene rings is 2. The SMILES string of the molecule is COc1ccc(CO[C@@H]2C[C@H](C[C@@H](O)/C=C/c3ccccc3)O[C@@](C)(OC)C2)cc1. The van der Waals surface area contributed by atoms with Gasteiger partial charge in [-0.05, 0) is 30.2 Å². The van der Waals surface area contributed by atoms with Crippen LogP contribution in [0.1, 0.15) is 37.3 Å². The fourth-order valence-corrected chi connectivity index (χ4v) is 3.71. The molecule has 4 atom stereocenters. The molecule has 0 radical (unpaired) electrons. The monoisotopic (exact) mass is 412 g/mol. The van der Waals surface area contributed by atoms with Crippen LogP contribution in [0.5, 0.6) is 5.75 Å². The second kappa shape index (κ2) is 10.7.